The highest BCUT2D eigenvalue weighted by molar-refractivity contribution is 5.69. The van der Waals surface area contributed by atoms with Crippen molar-refractivity contribution in [1.82, 2.24) is 0 Å². The molecular formula is C36H30O16. The molecule has 0 bridgehead atoms. The zero-order valence-electron chi connectivity index (χ0n) is 26.3. The second-order valence-electron chi connectivity index (χ2n) is 12.5. The summed E-state index contributed by atoms with van der Waals surface area (Å²) in [4.78, 5) is 0. The molecule has 16 nitrogen and oxygen atoms in total. The highest BCUT2D eigenvalue weighted by atomic mass is 16.5. The average molecular weight is 719 g/mol. The Morgan fingerprint density at radius 2 is 0.846 bits per heavy atom. The number of aliphatic hydroxyl groups is 2. The quantitative estimate of drug-likeness (QED) is 0.118. The third-order valence-electron chi connectivity index (χ3n) is 9.34. The van der Waals surface area contributed by atoms with E-state index in [9.17, 15) is 71.5 Å². The monoisotopic (exact) mass is 718 g/mol. The summed E-state index contributed by atoms with van der Waals surface area (Å²) in [6.07, 6.45) is -6.91. The molecule has 5 aromatic carbocycles. The van der Waals surface area contributed by atoms with Crippen LogP contribution in [0.3, 0.4) is 0 Å². The second-order valence-corrected chi connectivity index (χ2v) is 12.5. The molecule has 0 spiro atoms. The fourth-order valence-electron chi connectivity index (χ4n) is 7.09. The molecule has 14 N–H and O–H groups in total. The van der Waals surface area contributed by atoms with E-state index in [0.29, 0.717) is 0 Å². The zero-order valence-corrected chi connectivity index (χ0v) is 26.3. The fourth-order valence-corrected chi connectivity index (χ4v) is 7.09. The lowest BCUT2D eigenvalue weighted by atomic mass is 9.74. The van der Waals surface area contributed by atoms with Crippen molar-refractivity contribution in [1.29, 1.82) is 0 Å². The number of hydrogen-bond donors (Lipinski definition) is 14. The Kier molecular flexibility index (Phi) is 7.73. The van der Waals surface area contributed by atoms with E-state index in [4.69, 9.17) is 9.47 Å². The molecular weight excluding hydrogens is 688 g/mol. The summed E-state index contributed by atoms with van der Waals surface area (Å²) in [6, 6.07) is 9.80. The minimum absolute atomic E-state index is 0.00129. The van der Waals surface area contributed by atoms with Crippen LogP contribution in [0.4, 0.5) is 0 Å². The van der Waals surface area contributed by atoms with Crippen LogP contribution < -0.4 is 9.47 Å². The van der Waals surface area contributed by atoms with E-state index >= 15 is 0 Å². The minimum atomic E-state index is -1.90. The Hall–Kier alpha value is -6.78. The third-order valence-corrected chi connectivity index (χ3v) is 9.34. The van der Waals surface area contributed by atoms with Gasteiger partial charge in [-0.3, -0.25) is 0 Å². The number of benzene rings is 5. The van der Waals surface area contributed by atoms with Gasteiger partial charge in [0.05, 0.1) is 11.8 Å². The first-order chi connectivity index (χ1) is 24.6. The topological polar surface area (TPSA) is 302 Å². The predicted molar refractivity (Wildman–Crippen MR) is 175 cm³/mol. The van der Waals surface area contributed by atoms with Gasteiger partial charge in [0, 0.05) is 58.1 Å². The number of phenols is 12. The number of ether oxygens (including phenoxy) is 2. The molecule has 2 aliphatic rings. The molecule has 0 aromatic heterocycles. The Labute approximate surface area is 291 Å². The van der Waals surface area contributed by atoms with Crippen molar-refractivity contribution in [3.8, 4) is 80.5 Å². The van der Waals surface area contributed by atoms with Crippen molar-refractivity contribution >= 4 is 0 Å². The molecule has 0 saturated heterocycles. The van der Waals surface area contributed by atoms with Crippen molar-refractivity contribution in [2.45, 2.75) is 36.3 Å². The molecule has 0 saturated carbocycles. The first-order valence-corrected chi connectivity index (χ1v) is 15.4. The summed E-state index contributed by atoms with van der Waals surface area (Å²) in [7, 11) is 0. The fraction of sp³-hybridized carbons (Fsp3) is 0.167. The van der Waals surface area contributed by atoms with Gasteiger partial charge in [0.15, 0.2) is 41.0 Å². The van der Waals surface area contributed by atoms with Gasteiger partial charge in [-0.2, -0.15) is 0 Å². The van der Waals surface area contributed by atoms with Gasteiger partial charge < -0.3 is 81.0 Å². The SMILES string of the molecule is Oc1cc(O)c([C@H]2c3c(O)cc(O)c([C@H]4c5c(O)cc(O)cc5O[C@H](c5cc(O)c(O)c(O)c5)[C@@H]4O)c3O[C@H](c3ccc(O)c(O)c3)[C@@H]2O)c(O)c1. The normalized spacial score (nSPS) is 22.1. The van der Waals surface area contributed by atoms with Gasteiger partial charge in [0.1, 0.15) is 64.0 Å². The summed E-state index contributed by atoms with van der Waals surface area (Å²) in [5.41, 5.74) is -1.55. The number of fused-ring (bicyclic) bond motifs is 2. The van der Waals surface area contributed by atoms with Crippen molar-refractivity contribution in [2.75, 3.05) is 0 Å². The average Bonchev–Trinajstić information content (AvgIpc) is 3.05. The van der Waals surface area contributed by atoms with E-state index in [2.05, 4.69) is 0 Å². The van der Waals surface area contributed by atoms with Gasteiger partial charge in [-0.05, 0) is 29.8 Å². The standard InChI is InChI=1S/C36H30O16/c37-13-6-17(41)25(18(42)7-13)29-27-20(44)10-21(45)28(36(27)52-34(32(29)49)11-1-2-15(39)16(40)3-11)30-26-19(43)8-14(38)9-24(26)51-35(33(30)50)12-4-22(46)31(48)23(47)5-12/h1-10,29-30,32-35,37-50H/t29-,30+,32+,33+,34+,35+/m0/s1. The van der Waals surface area contributed by atoms with E-state index in [-0.39, 0.29) is 33.6 Å². The van der Waals surface area contributed by atoms with Crippen LogP contribution in [0.5, 0.6) is 80.5 Å². The Morgan fingerprint density at radius 1 is 0.385 bits per heavy atom. The number of rotatable bonds is 4. The summed E-state index contributed by atoms with van der Waals surface area (Å²) >= 11 is 0. The molecule has 52 heavy (non-hydrogen) atoms. The molecule has 2 aliphatic heterocycles. The molecule has 7 rings (SSSR count). The summed E-state index contributed by atoms with van der Waals surface area (Å²) in [5, 5.41) is 151. The lowest BCUT2D eigenvalue weighted by Crippen LogP contribution is -2.38. The van der Waals surface area contributed by atoms with Crippen LogP contribution in [-0.2, 0) is 0 Å². The smallest absolute Gasteiger partial charge is 0.200 e. The van der Waals surface area contributed by atoms with E-state index in [1.165, 1.54) is 6.07 Å². The molecule has 0 radical (unpaired) electrons. The van der Waals surface area contributed by atoms with Crippen LogP contribution in [0, 0.1) is 0 Å². The highest BCUT2D eigenvalue weighted by Crippen LogP contribution is 2.61. The van der Waals surface area contributed by atoms with E-state index in [1.54, 1.807) is 0 Å². The summed E-state index contributed by atoms with van der Waals surface area (Å²) in [5.74, 6) is -12.4. The molecule has 0 unspecified atom stereocenters. The van der Waals surface area contributed by atoms with E-state index < -0.39 is 117 Å². The largest absolute Gasteiger partial charge is 0.508 e. The summed E-state index contributed by atoms with van der Waals surface area (Å²) < 4.78 is 12.2. The molecule has 270 valence electrons. The Morgan fingerprint density at radius 3 is 1.40 bits per heavy atom. The number of hydrogen-bond acceptors (Lipinski definition) is 16. The van der Waals surface area contributed by atoms with Crippen LogP contribution in [-0.4, -0.2) is 83.7 Å². The summed E-state index contributed by atoms with van der Waals surface area (Å²) in [6.45, 7) is 0. The maximum atomic E-state index is 12.1. The molecule has 0 amide bonds. The van der Waals surface area contributed by atoms with Crippen LogP contribution in [0.15, 0.2) is 60.7 Å². The molecule has 6 atom stereocenters. The van der Waals surface area contributed by atoms with Gasteiger partial charge >= 0.3 is 0 Å². The molecule has 0 fully saturated rings. The maximum absolute atomic E-state index is 12.1. The van der Waals surface area contributed by atoms with Crippen molar-refractivity contribution < 1.29 is 81.0 Å². The number of aromatic hydroxyl groups is 12. The number of aliphatic hydroxyl groups excluding tert-OH is 2. The van der Waals surface area contributed by atoms with Gasteiger partial charge in [-0.1, -0.05) is 6.07 Å². The van der Waals surface area contributed by atoms with Crippen molar-refractivity contribution in [3.05, 3.63) is 94.0 Å². The van der Waals surface area contributed by atoms with Crippen molar-refractivity contribution in [2.24, 2.45) is 0 Å². The Bertz CT molecular complexity index is 2220. The first kappa shape index (κ1) is 33.7. The van der Waals surface area contributed by atoms with E-state index in [1.807, 2.05) is 0 Å². The van der Waals surface area contributed by atoms with E-state index in [0.717, 1.165) is 54.6 Å². The number of phenolic OH excluding ortho intramolecular Hbond substituents is 12. The van der Waals surface area contributed by atoms with Crippen LogP contribution in [0.1, 0.15) is 57.4 Å². The third kappa shape index (κ3) is 5.16. The van der Waals surface area contributed by atoms with Crippen LogP contribution >= 0.6 is 0 Å². The van der Waals surface area contributed by atoms with Gasteiger partial charge in [0.25, 0.3) is 0 Å². The lowest BCUT2D eigenvalue weighted by Gasteiger charge is -2.42. The molecule has 2 heterocycles. The first-order valence-electron chi connectivity index (χ1n) is 15.4. The highest BCUT2D eigenvalue weighted by Gasteiger charge is 2.49. The molecule has 5 aromatic rings. The second kappa shape index (κ2) is 11.9. The molecule has 16 heteroatoms. The lowest BCUT2D eigenvalue weighted by molar-refractivity contribution is -0.00360. The zero-order chi connectivity index (χ0) is 37.5. The predicted octanol–water partition coefficient (Wildman–Crippen LogP) is 3.41. The van der Waals surface area contributed by atoms with Crippen molar-refractivity contribution in [3.63, 3.8) is 0 Å². The van der Waals surface area contributed by atoms with Gasteiger partial charge in [0.2, 0.25) is 0 Å². The van der Waals surface area contributed by atoms with Gasteiger partial charge in [-0.25, -0.2) is 0 Å². The van der Waals surface area contributed by atoms with Crippen LogP contribution in [0.25, 0.3) is 0 Å². The van der Waals surface area contributed by atoms with Crippen LogP contribution in [0.2, 0.25) is 0 Å². The molecule has 0 aliphatic carbocycles. The maximum Gasteiger partial charge on any atom is 0.200 e. The van der Waals surface area contributed by atoms with Gasteiger partial charge in [-0.15, -0.1) is 0 Å². The Balaban J connectivity index is 1.53. The minimum Gasteiger partial charge on any atom is -0.508 e.